The first-order valence-electron chi connectivity index (χ1n) is 9.76. The molecule has 3 aromatic rings. The van der Waals surface area contributed by atoms with Gasteiger partial charge in [0.25, 0.3) is 5.91 Å². The highest BCUT2D eigenvalue weighted by Crippen LogP contribution is 2.34. The topological polar surface area (TPSA) is 73.4 Å². The van der Waals surface area contributed by atoms with Crippen LogP contribution in [-0.4, -0.2) is 40.4 Å². The van der Waals surface area contributed by atoms with Crippen LogP contribution in [0.15, 0.2) is 42.5 Å². The van der Waals surface area contributed by atoms with Crippen molar-refractivity contribution in [2.75, 3.05) is 19.8 Å². The van der Waals surface area contributed by atoms with Gasteiger partial charge in [0.2, 0.25) is 0 Å². The molecule has 2 N–H and O–H groups in total. The molecule has 0 unspecified atom stereocenters. The minimum atomic E-state index is -0.808. The predicted octanol–water partition coefficient (Wildman–Crippen LogP) is 3.37. The minimum Gasteiger partial charge on any atom is -0.491 e. The lowest BCUT2D eigenvalue weighted by atomic mass is 9.97. The van der Waals surface area contributed by atoms with Crippen LogP contribution in [-0.2, 0) is 13.5 Å². The van der Waals surface area contributed by atoms with Crippen molar-refractivity contribution in [3.05, 3.63) is 70.9 Å². The van der Waals surface area contributed by atoms with Crippen LogP contribution in [0.2, 0.25) is 0 Å². The second kappa shape index (κ2) is 8.43. The maximum absolute atomic E-state index is 13.7. The molecule has 0 saturated carbocycles. The third kappa shape index (κ3) is 4.00. The summed E-state index contributed by atoms with van der Waals surface area (Å²) in [5.41, 5.74) is 8.96. The van der Waals surface area contributed by atoms with Gasteiger partial charge in [0, 0.05) is 36.3 Å². The van der Waals surface area contributed by atoms with Crippen LogP contribution in [0.25, 0.3) is 11.3 Å². The van der Waals surface area contributed by atoms with E-state index in [4.69, 9.17) is 10.5 Å². The van der Waals surface area contributed by atoms with Crippen molar-refractivity contribution in [1.82, 2.24) is 14.7 Å². The Morgan fingerprint density at radius 1 is 1.19 bits per heavy atom. The van der Waals surface area contributed by atoms with Crippen molar-refractivity contribution in [1.29, 1.82) is 0 Å². The molecule has 2 heterocycles. The number of benzene rings is 2. The number of carbonyl (C=O) groups is 1. The van der Waals surface area contributed by atoms with Gasteiger partial charge in [-0.1, -0.05) is 0 Å². The molecule has 0 bridgehead atoms. The van der Waals surface area contributed by atoms with E-state index in [1.54, 1.807) is 31.3 Å². The summed E-state index contributed by atoms with van der Waals surface area (Å²) in [5, 5.41) is 4.44. The zero-order valence-electron chi connectivity index (χ0n) is 16.8. The van der Waals surface area contributed by atoms with Gasteiger partial charge in [0.1, 0.15) is 42.5 Å². The molecular weight excluding hydrogens is 409 g/mol. The van der Waals surface area contributed by atoms with Crippen molar-refractivity contribution in [2.24, 2.45) is 12.8 Å². The lowest BCUT2D eigenvalue weighted by Gasteiger charge is -2.32. The van der Waals surface area contributed by atoms with E-state index in [2.05, 4.69) is 5.10 Å². The van der Waals surface area contributed by atoms with E-state index < -0.39 is 24.5 Å². The lowest BCUT2D eigenvalue weighted by molar-refractivity contribution is 0.0662. The third-order valence-electron chi connectivity index (χ3n) is 5.24. The molecule has 1 amide bonds. The molecule has 0 fully saturated rings. The normalized spacial score (nSPS) is 15.6. The fourth-order valence-electron chi connectivity index (χ4n) is 3.89. The first-order chi connectivity index (χ1) is 14.9. The Labute approximate surface area is 177 Å². The van der Waals surface area contributed by atoms with Crippen LogP contribution in [0, 0.1) is 11.6 Å². The number of alkyl halides is 1. The number of hydrogen-bond acceptors (Lipinski definition) is 4. The van der Waals surface area contributed by atoms with Gasteiger partial charge < -0.3 is 15.4 Å². The Kier molecular flexibility index (Phi) is 5.69. The molecule has 6 nitrogen and oxygen atoms in total. The molecule has 0 radical (unpaired) electrons. The van der Waals surface area contributed by atoms with E-state index >= 15 is 0 Å². The Morgan fingerprint density at radius 3 is 2.52 bits per heavy atom. The van der Waals surface area contributed by atoms with Crippen LogP contribution >= 0.6 is 0 Å². The van der Waals surface area contributed by atoms with E-state index in [1.165, 1.54) is 21.7 Å². The maximum Gasteiger partial charge on any atom is 0.255 e. The Hall–Kier alpha value is -3.33. The second-order valence-corrected chi connectivity index (χ2v) is 7.25. The number of nitrogens with two attached hydrogens (primary N) is 1. The van der Waals surface area contributed by atoms with Crippen molar-refractivity contribution in [3.8, 4) is 17.0 Å². The molecule has 0 saturated heterocycles. The van der Waals surface area contributed by atoms with Gasteiger partial charge in [0.15, 0.2) is 0 Å². The van der Waals surface area contributed by atoms with E-state index in [9.17, 15) is 18.0 Å². The quantitative estimate of drug-likeness (QED) is 0.674. The summed E-state index contributed by atoms with van der Waals surface area (Å²) >= 11 is 0. The van der Waals surface area contributed by atoms with Gasteiger partial charge in [-0.25, -0.2) is 13.2 Å². The molecule has 31 heavy (non-hydrogen) atoms. The number of amides is 1. The average Bonchev–Trinajstić information content (AvgIpc) is 3.08. The van der Waals surface area contributed by atoms with Crippen molar-refractivity contribution in [3.63, 3.8) is 0 Å². The van der Waals surface area contributed by atoms with E-state index in [1.807, 2.05) is 0 Å². The Balaban J connectivity index is 1.60. The molecule has 1 atom stereocenters. The van der Waals surface area contributed by atoms with E-state index in [0.717, 1.165) is 11.6 Å². The number of rotatable bonds is 5. The van der Waals surface area contributed by atoms with Gasteiger partial charge in [-0.2, -0.15) is 5.10 Å². The van der Waals surface area contributed by atoms with Crippen molar-refractivity contribution < 1.29 is 22.7 Å². The third-order valence-corrected chi connectivity index (χ3v) is 5.24. The smallest absolute Gasteiger partial charge is 0.255 e. The highest BCUT2D eigenvalue weighted by molar-refractivity contribution is 5.94. The van der Waals surface area contributed by atoms with Crippen LogP contribution in [0.3, 0.4) is 0 Å². The summed E-state index contributed by atoms with van der Waals surface area (Å²) in [6, 6.07) is 9.69. The number of halogens is 3. The molecule has 9 heteroatoms. The van der Waals surface area contributed by atoms with Crippen LogP contribution < -0.4 is 10.5 Å². The second-order valence-electron chi connectivity index (χ2n) is 7.25. The summed E-state index contributed by atoms with van der Waals surface area (Å²) in [5.74, 6) is -1.17. The van der Waals surface area contributed by atoms with Crippen molar-refractivity contribution >= 4 is 5.91 Å². The molecule has 1 aliphatic heterocycles. The van der Waals surface area contributed by atoms with Crippen LogP contribution in [0.4, 0.5) is 13.2 Å². The zero-order chi connectivity index (χ0) is 22.1. The summed E-state index contributed by atoms with van der Waals surface area (Å²) in [6.45, 7) is -0.326. The molecule has 162 valence electrons. The van der Waals surface area contributed by atoms with E-state index in [0.29, 0.717) is 41.2 Å². The van der Waals surface area contributed by atoms with Gasteiger partial charge >= 0.3 is 0 Å². The number of aryl methyl sites for hydroxylation is 1. The summed E-state index contributed by atoms with van der Waals surface area (Å²) < 4.78 is 46.4. The zero-order valence-corrected chi connectivity index (χ0v) is 16.8. The van der Waals surface area contributed by atoms with Gasteiger partial charge in [0.05, 0.1) is 5.69 Å². The predicted molar refractivity (Wildman–Crippen MR) is 108 cm³/mol. The van der Waals surface area contributed by atoms with E-state index in [-0.39, 0.29) is 12.5 Å². The standard InChI is InChI=1S/C22H21F3N4O2/c1-28-20(14-10-15(24)12-16(25)11-14)18-6-8-29(21(26)19(18)27-28)22(30)13-2-4-17(5-3-13)31-9-7-23/h2-5,10-12,21H,6-9,26H2,1H3/t21-/m1/s1. The highest BCUT2D eigenvalue weighted by atomic mass is 19.1. The Morgan fingerprint density at radius 2 is 1.87 bits per heavy atom. The molecule has 1 aliphatic rings. The van der Waals surface area contributed by atoms with Gasteiger partial charge in [-0.05, 0) is 42.8 Å². The highest BCUT2D eigenvalue weighted by Gasteiger charge is 2.34. The maximum atomic E-state index is 13.7. The van der Waals surface area contributed by atoms with Crippen LogP contribution in [0.5, 0.6) is 5.75 Å². The SMILES string of the molecule is Cn1nc2c(c1-c1cc(F)cc(F)c1)CCN(C(=O)c1ccc(OCCF)cc1)[C@H]2N. The van der Waals surface area contributed by atoms with Crippen molar-refractivity contribution in [2.45, 2.75) is 12.6 Å². The molecule has 0 aliphatic carbocycles. The van der Waals surface area contributed by atoms with Gasteiger partial charge in [-0.3, -0.25) is 9.48 Å². The number of aromatic nitrogens is 2. The van der Waals surface area contributed by atoms with Gasteiger partial charge in [-0.15, -0.1) is 0 Å². The largest absolute Gasteiger partial charge is 0.491 e. The molecule has 0 spiro atoms. The fourth-order valence-corrected chi connectivity index (χ4v) is 3.89. The van der Waals surface area contributed by atoms with Crippen LogP contribution in [0.1, 0.15) is 27.8 Å². The number of fused-ring (bicyclic) bond motifs is 1. The number of carbonyl (C=O) groups excluding carboxylic acids is 1. The first-order valence-corrected chi connectivity index (χ1v) is 9.76. The number of nitrogens with zero attached hydrogens (tertiary/aromatic N) is 3. The number of hydrogen-bond donors (Lipinski definition) is 1. The summed E-state index contributed by atoms with van der Waals surface area (Å²) in [7, 11) is 1.67. The number of ether oxygens (including phenoxy) is 1. The lowest BCUT2D eigenvalue weighted by Crippen LogP contribution is -2.44. The molecular formula is C22H21F3N4O2. The monoisotopic (exact) mass is 430 g/mol. The summed E-state index contributed by atoms with van der Waals surface area (Å²) in [6.07, 6.45) is -0.370. The minimum absolute atomic E-state index is 0.0513. The fraction of sp³-hybridized carbons (Fsp3) is 0.273. The average molecular weight is 430 g/mol. The molecule has 1 aromatic heterocycles. The molecule has 2 aromatic carbocycles. The first kappa shape index (κ1) is 20.9. The molecule has 4 rings (SSSR count). The Bertz CT molecular complexity index is 1090. The summed E-state index contributed by atoms with van der Waals surface area (Å²) in [4.78, 5) is 14.5.